The molecule has 0 amide bonds. The second-order valence-electron chi connectivity index (χ2n) is 6.93. The molecule has 0 bridgehead atoms. The number of hydrogen-bond acceptors (Lipinski definition) is 9. The molecule has 0 saturated carbocycles. The number of fused-ring (bicyclic) bond motifs is 2. The summed E-state index contributed by atoms with van der Waals surface area (Å²) in [6.07, 6.45) is -4.50. The quantitative estimate of drug-likeness (QED) is 0.697. The van der Waals surface area contributed by atoms with Crippen LogP contribution in [0.1, 0.15) is 25.7 Å². The van der Waals surface area contributed by atoms with Gasteiger partial charge < -0.3 is 33.2 Å². The van der Waals surface area contributed by atoms with Gasteiger partial charge in [-0.25, -0.2) is 4.79 Å². The number of esters is 2. The summed E-state index contributed by atoms with van der Waals surface area (Å²) in [6, 6.07) is 9.40. The Balaban J connectivity index is 1.59. The number of hydrogen-bond donors (Lipinski definition) is 0. The Hall–Kier alpha value is -2.04. The van der Waals surface area contributed by atoms with Crippen molar-refractivity contribution in [2.24, 2.45) is 0 Å². The maximum atomic E-state index is 12.1. The number of carbonyl (C=O) groups is 2. The maximum Gasteiger partial charge on any atom is 0.366 e. The van der Waals surface area contributed by atoms with Crippen LogP contribution in [0.3, 0.4) is 0 Å². The van der Waals surface area contributed by atoms with Gasteiger partial charge in [0.05, 0.1) is 13.7 Å². The average Bonchev–Trinajstić information content (AvgIpc) is 3.04. The minimum atomic E-state index is -1.67. The van der Waals surface area contributed by atoms with Crippen LogP contribution in [0.5, 0.6) is 0 Å². The molecule has 1 aromatic carbocycles. The van der Waals surface area contributed by atoms with Crippen LogP contribution in [-0.4, -0.2) is 62.1 Å². The summed E-state index contributed by atoms with van der Waals surface area (Å²) in [5.74, 6) is -2.89. The number of methoxy groups -OCH3 is 1. The Bertz CT molecular complexity index is 738. The molecule has 1 aromatic rings. The third-order valence-electron chi connectivity index (χ3n) is 4.92. The summed E-state index contributed by atoms with van der Waals surface area (Å²) >= 11 is 0. The maximum absolute atomic E-state index is 12.1. The second-order valence-corrected chi connectivity index (χ2v) is 6.93. The topological polar surface area (TPSA) is 98.8 Å². The van der Waals surface area contributed by atoms with Crippen LogP contribution >= 0.6 is 0 Å². The fraction of sp³-hybridized carbons (Fsp3) is 0.579. The van der Waals surface area contributed by atoms with E-state index in [4.69, 9.17) is 33.2 Å². The Labute approximate surface area is 161 Å². The van der Waals surface area contributed by atoms with E-state index >= 15 is 0 Å². The molecule has 9 nitrogen and oxygen atoms in total. The third-order valence-corrected chi connectivity index (χ3v) is 4.92. The van der Waals surface area contributed by atoms with E-state index in [1.807, 2.05) is 30.3 Å². The van der Waals surface area contributed by atoms with E-state index in [0.717, 1.165) is 5.56 Å². The molecule has 4 rings (SSSR count). The van der Waals surface area contributed by atoms with Crippen LogP contribution in [0.15, 0.2) is 30.3 Å². The zero-order valence-electron chi connectivity index (χ0n) is 15.7. The molecular formula is C19H22O9. The minimum Gasteiger partial charge on any atom is -0.465 e. The molecule has 3 aliphatic heterocycles. The first-order valence-electron chi connectivity index (χ1n) is 9.00. The molecule has 1 unspecified atom stereocenters. The lowest BCUT2D eigenvalue weighted by atomic mass is 9.97. The minimum absolute atomic E-state index is 0.198. The number of ether oxygens (including phenoxy) is 7. The monoisotopic (exact) mass is 394 g/mol. The highest BCUT2D eigenvalue weighted by Gasteiger charge is 2.61. The van der Waals surface area contributed by atoms with Crippen molar-refractivity contribution in [2.45, 2.75) is 56.6 Å². The molecule has 0 spiro atoms. The van der Waals surface area contributed by atoms with Gasteiger partial charge in [0, 0.05) is 19.4 Å². The van der Waals surface area contributed by atoms with Gasteiger partial charge in [0.25, 0.3) is 5.79 Å². The Morgan fingerprint density at radius 3 is 2.54 bits per heavy atom. The van der Waals surface area contributed by atoms with Gasteiger partial charge in [-0.2, -0.15) is 0 Å². The standard InChI is InChI=1S/C19H22O9/c1-10(20)24-14-13-12(9-23-16(26-13)11-7-5-4-6-8-11)25-17-15(14)27-19(2,28-17)18(21)22-3/h4-8,12-17H,9H2,1-3H3/t12-,13-,14+,15-,16?,17-,19+/m1/s1. The first-order chi connectivity index (χ1) is 13.4. The molecule has 3 fully saturated rings. The van der Waals surface area contributed by atoms with Gasteiger partial charge in [-0.1, -0.05) is 30.3 Å². The summed E-state index contributed by atoms with van der Waals surface area (Å²) in [4.78, 5) is 23.8. The van der Waals surface area contributed by atoms with Gasteiger partial charge in [0.1, 0.15) is 12.2 Å². The SMILES string of the molecule is COC(=O)[C@]1(C)O[C@H]2O[C@@H]3COC(c4ccccc4)O[C@H]3[C@H](OC(C)=O)[C@H]2O1. The fourth-order valence-electron chi connectivity index (χ4n) is 3.66. The molecule has 9 heteroatoms. The van der Waals surface area contributed by atoms with Crippen molar-refractivity contribution in [3.8, 4) is 0 Å². The molecule has 3 aliphatic rings. The largest absolute Gasteiger partial charge is 0.465 e. The normalized spacial score (nSPS) is 39.5. The number of carbonyl (C=O) groups excluding carboxylic acids is 2. The molecule has 0 N–H and O–H groups in total. The van der Waals surface area contributed by atoms with Crippen LogP contribution in [-0.2, 0) is 42.7 Å². The van der Waals surface area contributed by atoms with Crippen LogP contribution in [0.2, 0.25) is 0 Å². The van der Waals surface area contributed by atoms with Gasteiger partial charge in [-0.15, -0.1) is 0 Å². The highest BCUT2D eigenvalue weighted by Crippen LogP contribution is 2.42. The Morgan fingerprint density at radius 1 is 1.11 bits per heavy atom. The van der Waals surface area contributed by atoms with Crippen molar-refractivity contribution in [1.29, 1.82) is 0 Å². The zero-order valence-corrected chi connectivity index (χ0v) is 15.7. The van der Waals surface area contributed by atoms with Gasteiger partial charge in [-0.3, -0.25) is 4.79 Å². The first kappa shape index (κ1) is 19.3. The van der Waals surface area contributed by atoms with Crippen LogP contribution in [0.25, 0.3) is 0 Å². The molecule has 0 aromatic heterocycles. The lowest BCUT2D eigenvalue weighted by molar-refractivity contribution is -0.339. The summed E-state index contributed by atoms with van der Waals surface area (Å²) in [5.41, 5.74) is 0.827. The Kier molecular flexibility index (Phi) is 5.11. The summed E-state index contributed by atoms with van der Waals surface area (Å²) in [5, 5.41) is 0. The van der Waals surface area contributed by atoms with Crippen molar-refractivity contribution in [3.05, 3.63) is 35.9 Å². The predicted octanol–water partition coefficient (Wildman–Crippen LogP) is 1.06. The van der Waals surface area contributed by atoms with E-state index in [2.05, 4.69) is 0 Å². The molecule has 3 saturated heterocycles. The fourth-order valence-corrected chi connectivity index (χ4v) is 3.66. The first-order valence-corrected chi connectivity index (χ1v) is 9.00. The lowest BCUT2D eigenvalue weighted by Gasteiger charge is -2.45. The van der Waals surface area contributed by atoms with Gasteiger partial charge in [0.15, 0.2) is 24.8 Å². The van der Waals surface area contributed by atoms with E-state index in [1.165, 1.54) is 21.0 Å². The lowest BCUT2D eigenvalue weighted by Crippen LogP contribution is -2.62. The van der Waals surface area contributed by atoms with E-state index < -0.39 is 54.7 Å². The molecule has 0 aliphatic carbocycles. The van der Waals surface area contributed by atoms with E-state index in [-0.39, 0.29) is 6.61 Å². The van der Waals surface area contributed by atoms with Crippen molar-refractivity contribution in [2.75, 3.05) is 13.7 Å². The second kappa shape index (κ2) is 7.41. The number of benzene rings is 1. The summed E-state index contributed by atoms with van der Waals surface area (Å²) in [7, 11) is 1.23. The predicted molar refractivity (Wildman–Crippen MR) is 90.6 cm³/mol. The molecular weight excluding hydrogens is 372 g/mol. The van der Waals surface area contributed by atoms with E-state index in [9.17, 15) is 9.59 Å². The smallest absolute Gasteiger partial charge is 0.366 e. The van der Waals surface area contributed by atoms with Crippen molar-refractivity contribution in [1.82, 2.24) is 0 Å². The Morgan fingerprint density at radius 2 is 1.86 bits per heavy atom. The summed E-state index contributed by atoms with van der Waals surface area (Å²) in [6.45, 7) is 2.92. The average molecular weight is 394 g/mol. The van der Waals surface area contributed by atoms with Crippen molar-refractivity contribution in [3.63, 3.8) is 0 Å². The van der Waals surface area contributed by atoms with Crippen LogP contribution in [0.4, 0.5) is 0 Å². The van der Waals surface area contributed by atoms with Gasteiger partial charge >= 0.3 is 11.9 Å². The van der Waals surface area contributed by atoms with Gasteiger partial charge in [0.2, 0.25) is 0 Å². The van der Waals surface area contributed by atoms with Crippen molar-refractivity contribution >= 4 is 11.9 Å². The molecule has 28 heavy (non-hydrogen) atoms. The van der Waals surface area contributed by atoms with Gasteiger partial charge in [-0.05, 0) is 0 Å². The highest BCUT2D eigenvalue weighted by atomic mass is 16.9. The van der Waals surface area contributed by atoms with Crippen LogP contribution < -0.4 is 0 Å². The van der Waals surface area contributed by atoms with Crippen LogP contribution in [0, 0.1) is 0 Å². The molecule has 7 atom stereocenters. The van der Waals surface area contributed by atoms with E-state index in [0.29, 0.717) is 0 Å². The molecule has 0 radical (unpaired) electrons. The molecule has 3 heterocycles. The van der Waals surface area contributed by atoms with E-state index in [1.54, 1.807) is 0 Å². The number of rotatable bonds is 3. The zero-order chi connectivity index (χ0) is 19.9. The van der Waals surface area contributed by atoms with Crippen molar-refractivity contribution < 1.29 is 42.7 Å². The summed E-state index contributed by atoms with van der Waals surface area (Å²) < 4.78 is 39.5. The molecule has 152 valence electrons. The third kappa shape index (κ3) is 3.40. The highest BCUT2D eigenvalue weighted by molar-refractivity contribution is 5.77.